The summed E-state index contributed by atoms with van der Waals surface area (Å²) >= 11 is 1.63. The van der Waals surface area contributed by atoms with Crippen molar-refractivity contribution >= 4 is 23.1 Å². The minimum absolute atomic E-state index is 0.239. The zero-order valence-corrected chi connectivity index (χ0v) is 9.20. The lowest BCUT2D eigenvalue weighted by molar-refractivity contribution is 0.0697. The molecule has 0 bridgehead atoms. The lowest BCUT2D eigenvalue weighted by Crippen LogP contribution is -2.03. The van der Waals surface area contributed by atoms with Crippen molar-refractivity contribution in [1.82, 2.24) is 4.98 Å². The smallest absolute Gasteiger partial charge is 0.335 e. The maximum absolute atomic E-state index is 10.7. The predicted octanol–water partition coefficient (Wildman–Crippen LogP) is 2.45. The molecule has 0 atom stereocenters. The van der Waals surface area contributed by atoms with Gasteiger partial charge in [-0.15, -0.1) is 0 Å². The molecule has 0 aromatic carbocycles. The Hall–Kier alpha value is -1.88. The summed E-state index contributed by atoms with van der Waals surface area (Å²) in [7, 11) is 0. The Labute approximate surface area is 96.6 Å². The molecule has 0 aliphatic rings. The topological polar surface area (TPSA) is 62.2 Å². The van der Waals surface area contributed by atoms with E-state index in [0.717, 1.165) is 5.56 Å². The van der Waals surface area contributed by atoms with Gasteiger partial charge in [-0.2, -0.15) is 11.3 Å². The average molecular weight is 234 g/mol. The number of carboxylic acids is 1. The summed E-state index contributed by atoms with van der Waals surface area (Å²) in [4.78, 5) is 14.8. The zero-order chi connectivity index (χ0) is 11.4. The van der Waals surface area contributed by atoms with Crippen LogP contribution in [0.3, 0.4) is 0 Å². The first-order valence-corrected chi connectivity index (χ1v) is 5.64. The van der Waals surface area contributed by atoms with E-state index in [9.17, 15) is 4.79 Å². The van der Waals surface area contributed by atoms with Crippen LogP contribution < -0.4 is 5.32 Å². The van der Waals surface area contributed by atoms with Crippen LogP contribution in [-0.4, -0.2) is 16.1 Å². The first kappa shape index (κ1) is 10.6. The van der Waals surface area contributed by atoms with Crippen LogP contribution in [0.4, 0.5) is 5.82 Å². The van der Waals surface area contributed by atoms with Gasteiger partial charge in [0.2, 0.25) is 0 Å². The quantitative estimate of drug-likeness (QED) is 0.853. The summed E-state index contributed by atoms with van der Waals surface area (Å²) in [6.07, 6.45) is 1.49. The monoisotopic (exact) mass is 234 g/mol. The Morgan fingerprint density at radius 1 is 1.50 bits per heavy atom. The SMILES string of the molecule is O=C(O)c1ccnc(NCc2ccsc2)c1. The molecule has 82 valence electrons. The number of carbonyl (C=O) groups is 1. The second kappa shape index (κ2) is 4.76. The molecule has 0 aliphatic carbocycles. The van der Waals surface area contributed by atoms with Gasteiger partial charge < -0.3 is 10.4 Å². The summed E-state index contributed by atoms with van der Waals surface area (Å²) in [6.45, 7) is 0.652. The third-order valence-electron chi connectivity index (χ3n) is 2.06. The molecule has 0 amide bonds. The molecule has 0 spiro atoms. The standard InChI is InChI=1S/C11H10N2O2S/c14-11(15)9-1-3-12-10(5-9)13-6-8-2-4-16-7-8/h1-5,7H,6H2,(H,12,13)(H,14,15). The van der Waals surface area contributed by atoms with Crippen molar-refractivity contribution in [3.63, 3.8) is 0 Å². The van der Waals surface area contributed by atoms with Gasteiger partial charge in [0.05, 0.1) is 5.56 Å². The molecule has 0 radical (unpaired) electrons. The van der Waals surface area contributed by atoms with Gasteiger partial charge in [-0.25, -0.2) is 9.78 Å². The number of hydrogen-bond acceptors (Lipinski definition) is 4. The van der Waals surface area contributed by atoms with E-state index in [1.165, 1.54) is 18.3 Å². The normalized spacial score (nSPS) is 10.0. The Bertz CT molecular complexity index is 482. The molecule has 2 heterocycles. The maximum Gasteiger partial charge on any atom is 0.335 e. The highest BCUT2D eigenvalue weighted by atomic mass is 32.1. The summed E-state index contributed by atoms with van der Waals surface area (Å²) in [5.74, 6) is -0.368. The number of pyridine rings is 1. The van der Waals surface area contributed by atoms with Crippen molar-refractivity contribution in [3.8, 4) is 0 Å². The molecule has 0 saturated carbocycles. The lowest BCUT2D eigenvalue weighted by atomic mass is 10.2. The molecule has 4 nitrogen and oxygen atoms in total. The first-order valence-electron chi connectivity index (χ1n) is 4.70. The number of rotatable bonds is 4. The second-order valence-corrected chi connectivity index (χ2v) is 4.00. The van der Waals surface area contributed by atoms with Gasteiger partial charge >= 0.3 is 5.97 Å². The van der Waals surface area contributed by atoms with Gasteiger partial charge in [0, 0.05) is 12.7 Å². The molecule has 2 rings (SSSR count). The molecule has 0 aliphatic heterocycles. The van der Waals surface area contributed by atoms with Crippen LogP contribution in [0.5, 0.6) is 0 Å². The highest BCUT2D eigenvalue weighted by molar-refractivity contribution is 7.07. The summed E-state index contributed by atoms with van der Waals surface area (Å²) in [5.41, 5.74) is 1.40. The zero-order valence-electron chi connectivity index (χ0n) is 8.38. The van der Waals surface area contributed by atoms with Crippen LogP contribution in [-0.2, 0) is 6.54 Å². The summed E-state index contributed by atoms with van der Waals surface area (Å²) < 4.78 is 0. The van der Waals surface area contributed by atoms with Gasteiger partial charge in [0.1, 0.15) is 5.82 Å². The number of nitrogens with zero attached hydrogens (tertiary/aromatic N) is 1. The molecule has 5 heteroatoms. The lowest BCUT2D eigenvalue weighted by Gasteiger charge is -2.04. The van der Waals surface area contributed by atoms with Crippen molar-refractivity contribution in [1.29, 1.82) is 0 Å². The van der Waals surface area contributed by atoms with Crippen LogP contribution in [0.2, 0.25) is 0 Å². The number of hydrogen-bond donors (Lipinski definition) is 2. The van der Waals surface area contributed by atoms with E-state index in [2.05, 4.69) is 10.3 Å². The van der Waals surface area contributed by atoms with Crippen LogP contribution in [0.15, 0.2) is 35.2 Å². The van der Waals surface area contributed by atoms with Crippen molar-refractivity contribution < 1.29 is 9.90 Å². The number of nitrogens with one attached hydrogen (secondary N) is 1. The molecule has 0 fully saturated rings. The summed E-state index contributed by atoms with van der Waals surface area (Å²) in [5, 5.41) is 15.9. The van der Waals surface area contributed by atoms with Crippen molar-refractivity contribution in [3.05, 3.63) is 46.3 Å². The largest absolute Gasteiger partial charge is 0.478 e. The molecule has 16 heavy (non-hydrogen) atoms. The number of thiophene rings is 1. The highest BCUT2D eigenvalue weighted by Gasteiger charge is 2.03. The van der Waals surface area contributed by atoms with E-state index < -0.39 is 5.97 Å². The fraction of sp³-hybridized carbons (Fsp3) is 0.0909. The minimum Gasteiger partial charge on any atom is -0.478 e. The van der Waals surface area contributed by atoms with Gasteiger partial charge in [-0.05, 0) is 34.5 Å². The van der Waals surface area contributed by atoms with E-state index in [1.807, 2.05) is 16.8 Å². The number of carboxylic acid groups (broad SMARTS) is 1. The average Bonchev–Trinajstić information content (AvgIpc) is 2.79. The van der Waals surface area contributed by atoms with Gasteiger partial charge in [0.25, 0.3) is 0 Å². The van der Waals surface area contributed by atoms with E-state index in [1.54, 1.807) is 11.3 Å². The maximum atomic E-state index is 10.7. The van der Waals surface area contributed by atoms with Gasteiger partial charge in [-0.3, -0.25) is 0 Å². The molecule has 0 saturated heterocycles. The first-order chi connectivity index (χ1) is 7.75. The van der Waals surface area contributed by atoms with Crippen LogP contribution in [0, 0.1) is 0 Å². The highest BCUT2D eigenvalue weighted by Crippen LogP contribution is 2.10. The Kier molecular flexibility index (Phi) is 3.16. The molecular formula is C11H10N2O2S. The predicted molar refractivity (Wildman–Crippen MR) is 62.8 cm³/mol. The van der Waals surface area contributed by atoms with E-state index in [-0.39, 0.29) is 5.56 Å². The number of aromatic nitrogens is 1. The van der Waals surface area contributed by atoms with Crippen molar-refractivity contribution in [2.24, 2.45) is 0 Å². The van der Waals surface area contributed by atoms with Crippen LogP contribution >= 0.6 is 11.3 Å². The van der Waals surface area contributed by atoms with Gasteiger partial charge in [0.15, 0.2) is 0 Å². The molecular weight excluding hydrogens is 224 g/mol. The number of anilines is 1. The second-order valence-electron chi connectivity index (χ2n) is 3.22. The molecule has 2 aromatic rings. The van der Waals surface area contributed by atoms with E-state index >= 15 is 0 Å². The Balaban J connectivity index is 2.04. The number of aromatic carboxylic acids is 1. The van der Waals surface area contributed by atoms with E-state index in [4.69, 9.17) is 5.11 Å². The fourth-order valence-corrected chi connectivity index (χ4v) is 1.91. The third kappa shape index (κ3) is 2.58. The Morgan fingerprint density at radius 2 is 2.38 bits per heavy atom. The van der Waals surface area contributed by atoms with Gasteiger partial charge in [-0.1, -0.05) is 0 Å². The Morgan fingerprint density at radius 3 is 3.06 bits per heavy atom. The van der Waals surface area contributed by atoms with Crippen LogP contribution in [0.25, 0.3) is 0 Å². The van der Waals surface area contributed by atoms with E-state index in [0.29, 0.717) is 12.4 Å². The van der Waals surface area contributed by atoms with Crippen LogP contribution in [0.1, 0.15) is 15.9 Å². The minimum atomic E-state index is -0.944. The fourth-order valence-electron chi connectivity index (χ4n) is 1.25. The van der Waals surface area contributed by atoms with Crippen molar-refractivity contribution in [2.75, 3.05) is 5.32 Å². The summed E-state index contributed by atoms with van der Waals surface area (Å²) in [6, 6.07) is 5.01. The molecule has 2 aromatic heterocycles. The third-order valence-corrected chi connectivity index (χ3v) is 2.79. The van der Waals surface area contributed by atoms with Crippen molar-refractivity contribution in [2.45, 2.75) is 6.54 Å². The molecule has 2 N–H and O–H groups in total. The molecule has 0 unspecified atom stereocenters.